The summed E-state index contributed by atoms with van der Waals surface area (Å²) in [6.45, 7) is 7.80. The van der Waals surface area contributed by atoms with E-state index in [-0.39, 0.29) is 11.3 Å². The highest BCUT2D eigenvalue weighted by molar-refractivity contribution is 9.10. The Balaban J connectivity index is 1.69. The number of nitrogens with zero attached hydrogens (tertiary/aromatic N) is 4. The lowest BCUT2D eigenvalue weighted by molar-refractivity contribution is 0.0710. The molecule has 2 bridgehead atoms. The number of aromatic nitrogens is 3. The first kappa shape index (κ1) is 15.1. The van der Waals surface area contributed by atoms with E-state index in [0.717, 1.165) is 23.9 Å². The second-order valence-corrected chi connectivity index (χ2v) is 9.16. The van der Waals surface area contributed by atoms with Gasteiger partial charge >= 0.3 is 0 Å². The van der Waals surface area contributed by atoms with Crippen molar-refractivity contribution in [3.63, 3.8) is 0 Å². The second-order valence-electron chi connectivity index (χ2n) is 8.25. The van der Waals surface area contributed by atoms with E-state index in [0.29, 0.717) is 22.7 Å². The number of carbonyl (C=O) groups excluding carboxylic acids is 1. The lowest BCUT2D eigenvalue weighted by atomic mass is 9.65. The van der Waals surface area contributed by atoms with Gasteiger partial charge in [0.25, 0.3) is 5.91 Å². The van der Waals surface area contributed by atoms with Gasteiger partial charge in [0.05, 0.1) is 10.7 Å². The predicted octanol–water partition coefficient (Wildman–Crippen LogP) is 3.53. The van der Waals surface area contributed by atoms with Crippen molar-refractivity contribution in [2.45, 2.75) is 46.1 Å². The van der Waals surface area contributed by atoms with Crippen molar-refractivity contribution in [2.24, 2.45) is 10.8 Å². The van der Waals surface area contributed by atoms with Crippen LogP contribution < -0.4 is 0 Å². The van der Waals surface area contributed by atoms with E-state index in [1.807, 2.05) is 6.20 Å². The number of carbonyl (C=O) groups is 1. The lowest BCUT2D eigenvalue weighted by Gasteiger charge is -2.39. The third-order valence-electron chi connectivity index (χ3n) is 5.23. The Morgan fingerprint density at radius 3 is 2.87 bits per heavy atom. The molecule has 1 aliphatic carbocycles. The summed E-state index contributed by atoms with van der Waals surface area (Å²) in [6.07, 6.45) is 8.55. The fraction of sp³-hybridized carbons (Fsp3) is 0.588. The van der Waals surface area contributed by atoms with E-state index in [1.165, 1.54) is 6.42 Å². The fourth-order valence-electron chi connectivity index (χ4n) is 4.85. The molecule has 2 fully saturated rings. The zero-order valence-corrected chi connectivity index (χ0v) is 15.3. The van der Waals surface area contributed by atoms with E-state index in [2.05, 4.69) is 51.7 Å². The summed E-state index contributed by atoms with van der Waals surface area (Å²) in [5.74, 6) is 0.0706. The first-order valence-electron chi connectivity index (χ1n) is 8.06. The topological polar surface area (TPSA) is 50.5 Å². The minimum absolute atomic E-state index is 0.0706. The Labute approximate surface area is 144 Å². The SMILES string of the molecule is CC1(C)CC2CC(C)(CN2C(=O)c2cnn3cc(Br)cnc23)C1. The largest absolute Gasteiger partial charge is 0.335 e. The molecule has 122 valence electrons. The van der Waals surface area contributed by atoms with Crippen LogP contribution in [0.2, 0.25) is 0 Å². The number of hydrogen-bond donors (Lipinski definition) is 0. The molecule has 4 rings (SSSR count). The van der Waals surface area contributed by atoms with Gasteiger partial charge in [-0.25, -0.2) is 9.50 Å². The summed E-state index contributed by atoms with van der Waals surface area (Å²) in [5, 5.41) is 4.28. The fourth-order valence-corrected chi connectivity index (χ4v) is 5.15. The molecule has 6 heteroatoms. The van der Waals surface area contributed by atoms with Crippen LogP contribution in [0.4, 0.5) is 0 Å². The van der Waals surface area contributed by atoms with Crippen LogP contribution in [-0.2, 0) is 0 Å². The number of likely N-dealkylation sites (tertiary alicyclic amines) is 1. The number of halogens is 1. The van der Waals surface area contributed by atoms with Gasteiger partial charge in [-0.2, -0.15) is 5.10 Å². The molecular formula is C17H21BrN4O. The van der Waals surface area contributed by atoms with Crippen LogP contribution in [0.3, 0.4) is 0 Å². The number of amides is 1. The highest BCUT2D eigenvalue weighted by atomic mass is 79.9. The van der Waals surface area contributed by atoms with Crippen LogP contribution in [0, 0.1) is 10.8 Å². The molecule has 0 spiro atoms. The highest BCUT2D eigenvalue weighted by Crippen LogP contribution is 2.52. The minimum atomic E-state index is 0.0706. The van der Waals surface area contributed by atoms with E-state index in [1.54, 1.807) is 16.9 Å². The monoisotopic (exact) mass is 376 g/mol. The number of rotatable bonds is 1. The van der Waals surface area contributed by atoms with Gasteiger partial charge in [0.15, 0.2) is 5.65 Å². The van der Waals surface area contributed by atoms with E-state index in [4.69, 9.17) is 0 Å². The zero-order chi connectivity index (χ0) is 16.4. The molecule has 1 saturated heterocycles. The molecule has 3 heterocycles. The molecule has 2 atom stereocenters. The van der Waals surface area contributed by atoms with Crippen molar-refractivity contribution < 1.29 is 4.79 Å². The zero-order valence-electron chi connectivity index (χ0n) is 13.7. The van der Waals surface area contributed by atoms with Crippen LogP contribution in [0.25, 0.3) is 5.65 Å². The Kier molecular flexibility index (Phi) is 3.15. The summed E-state index contributed by atoms with van der Waals surface area (Å²) in [4.78, 5) is 19.6. The molecule has 2 aromatic rings. The molecule has 1 saturated carbocycles. The molecule has 1 amide bonds. The number of hydrogen-bond acceptors (Lipinski definition) is 3. The quantitative estimate of drug-likeness (QED) is 0.764. The van der Waals surface area contributed by atoms with Crippen molar-refractivity contribution in [1.29, 1.82) is 0 Å². The minimum Gasteiger partial charge on any atom is -0.335 e. The van der Waals surface area contributed by atoms with Crippen molar-refractivity contribution in [3.8, 4) is 0 Å². The molecule has 0 N–H and O–H groups in total. The van der Waals surface area contributed by atoms with E-state index < -0.39 is 0 Å². The normalized spacial score (nSPS) is 29.2. The number of fused-ring (bicyclic) bond motifs is 3. The van der Waals surface area contributed by atoms with Gasteiger partial charge in [-0.15, -0.1) is 0 Å². The van der Waals surface area contributed by atoms with Gasteiger partial charge in [-0.05, 0) is 46.0 Å². The van der Waals surface area contributed by atoms with E-state index in [9.17, 15) is 4.79 Å². The van der Waals surface area contributed by atoms with Crippen LogP contribution in [0.15, 0.2) is 23.1 Å². The van der Waals surface area contributed by atoms with Gasteiger partial charge < -0.3 is 4.90 Å². The highest BCUT2D eigenvalue weighted by Gasteiger charge is 2.51. The summed E-state index contributed by atoms with van der Waals surface area (Å²) in [7, 11) is 0. The molecule has 2 aliphatic rings. The predicted molar refractivity (Wildman–Crippen MR) is 91.3 cm³/mol. The van der Waals surface area contributed by atoms with Crippen molar-refractivity contribution in [1.82, 2.24) is 19.5 Å². The molecule has 0 radical (unpaired) electrons. The van der Waals surface area contributed by atoms with Gasteiger partial charge in [0.2, 0.25) is 0 Å². The maximum Gasteiger partial charge on any atom is 0.259 e. The maximum atomic E-state index is 13.1. The molecule has 23 heavy (non-hydrogen) atoms. The maximum absolute atomic E-state index is 13.1. The van der Waals surface area contributed by atoms with Crippen LogP contribution in [-0.4, -0.2) is 38.0 Å². The Bertz CT molecular complexity index is 799. The Morgan fingerprint density at radius 2 is 2.09 bits per heavy atom. The molecule has 5 nitrogen and oxygen atoms in total. The Hall–Kier alpha value is -1.43. The van der Waals surface area contributed by atoms with Gasteiger partial charge in [0.1, 0.15) is 5.56 Å². The van der Waals surface area contributed by atoms with Gasteiger partial charge in [0, 0.05) is 25.0 Å². The summed E-state index contributed by atoms with van der Waals surface area (Å²) < 4.78 is 2.50. The van der Waals surface area contributed by atoms with Crippen LogP contribution in [0.1, 0.15) is 50.4 Å². The Morgan fingerprint density at radius 1 is 1.30 bits per heavy atom. The van der Waals surface area contributed by atoms with Crippen molar-refractivity contribution in [3.05, 3.63) is 28.6 Å². The first-order valence-corrected chi connectivity index (χ1v) is 8.86. The first-order chi connectivity index (χ1) is 10.8. The molecule has 0 aromatic carbocycles. The average molecular weight is 377 g/mol. The summed E-state index contributed by atoms with van der Waals surface area (Å²) >= 11 is 3.38. The molecular weight excluding hydrogens is 356 g/mol. The van der Waals surface area contributed by atoms with Gasteiger partial charge in [-0.1, -0.05) is 20.8 Å². The summed E-state index contributed by atoms with van der Waals surface area (Å²) in [5.41, 5.74) is 1.77. The molecule has 2 unspecified atom stereocenters. The molecule has 1 aliphatic heterocycles. The van der Waals surface area contributed by atoms with Crippen LogP contribution >= 0.6 is 15.9 Å². The third kappa shape index (κ3) is 2.47. The second kappa shape index (κ2) is 4.79. The van der Waals surface area contributed by atoms with Crippen LogP contribution in [0.5, 0.6) is 0 Å². The smallest absolute Gasteiger partial charge is 0.259 e. The lowest BCUT2D eigenvalue weighted by Crippen LogP contribution is -2.37. The van der Waals surface area contributed by atoms with Crippen molar-refractivity contribution in [2.75, 3.05) is 6.54 Å². The van der Waals surface area contributed by atoms with Gasteiger partial charge in [-0.3, -0.25) is 4.79 Å². The summed E-state index contributed by atoms with van der Waals surface area (Å²) in [6, 6.07) is 0.335. The van der Waals surface area contributed by atoms with Crippen molar-refractivity contribution >= 4 is 27.5 Å². The third-order valence-corrected chi connectivity index (χ3v) is 5.64. The average Bonchev–Trinajstić information content (AvgIpc) is 2.95. The molecule has 2 aromatic heterocycles. The van der Waals surface area contributed by atoms with E-state index >= 15 is 0 Å². The standard InChI is InChI=1S/C17H21BrN4O/c1-16(2)4-12-5-17(3,9-16)10-21(12)15(23)13-7-20-22-8-11(18)6-19-14(13)22/h6-8,12H,4-5,9-10H2,1-3H3.